The van der Waals surface area contributed by atoms with Crippen molar-refractivity contribution < 1.29 is 4.79 Å². The minimum Gasteiger partial charge on any atom is -0.351 e. The van der Waals surface area contributed by atoms with Gasteiger partial charge in [0.05, 0.1) is 11.4 Å². The van der Waals surface area contributed by atoms with Crippen LogP contribution in [0.3, 0.4) is 0 Å². The van der Waals surface area contributed by atoms with E-state index in [0.29, 0.717) is 12.1 Å². The lowest BCUT2D eigenvalue weighted by molar-refractivity contribution is 0.0677. The van der Waals surface area contributed by atoms with Gasteiger partial charge in [0, 0.05) is 42.8 Å². The lowest BCUT2D eigenvalue weighted by Crippen LogP contribution is -2.39. The highest BCUT2D eigenvalue weighted by Gasteiger charge is 2.25. The fraction of sp³-hybridized carbons (Fsp3) is 0.400. The molecule has 2 aliphatic rings. The molecule has 7 nitrogen and oxygen atoms in total. The van der Waals surface area contributed by atoms with Crippen LogP contribution in [-0.2, 0) is 6.42 Å². The molecule has 3 aromatic heterocycles. The first-order valence-corrected chi connectivity index (χ1v) is 13.6. The van der Waals surface area contributed by atoms with Crippen LogP contribution < -0.4 is 0 Å². The van der Waals surface area contributed by atoms with Gasteiger partial charge in [0.1, 0.15) is 11.5 Å². The molecule has 0 radical (unpaired) electrons. The molecule has 37 heavy (non-hydrogen) atoms. The zero-order valence-electron chi connectivity index (χ0n) is 21.3. The quantitative estimate of drug-likeness (QED) is 0.393. The number of H-pyrrole nitrogens is 1. The van der Waals surface area contributed by atoms with Crippen molar-refractivity contribution in [2.75, 3.05) is 32.7 Å². The molecular formula is C30H34N6O. The third-order valence-corrected chi connectivity index (χ3v) is 7.86. The van der Waals surface area contributed by atoms with Crippen LogP contribution in [0.4, 0.5) is 0 Å². The van der Waals surface area contributed by atoms with Crippen LogP contribution in [-0.4, -0.2) is 68.4 Å². The van der Waals surface area contributed by atoms with E-state index in [-0.39, 0.29) is 5.91 Å². The number of likely N-dealkylation sites (tertiary alicyclic amines) is 2. The highest BCUT2D eigenvalue weighted by molar-refractivity contribution is 5.98. The van der Waals surface area contributed by atoms with Crippen LogP contribution in [0.25, 0.3) is 22.3 Å². The highest BCUT2D eigenvalue weighted by atomic mass is 16.2. The molecule has 0 atom stereocenters. The second-order valence-electron chi connectivity index (χ2n) is 10.4. The Kier molecular flexibility index (Phi) is 6.95. The number of piperidine rings is 1. The van der Waals surface area contributed by atoms with Gasteiger partial charge >= 0.3 is 0 Å². The topological polar surface area (TPSA) is 78.0 Å². The molecule has 2 saturated heterocycles. The maximum absolute atomic E-state index is 13.3. The molecule has 0 spiro atoms. The third-order valence-electron chi connectivity index (χ3n) is 7.86. The molecule has 2 fully saturated rings. The first-order valence-electron chi connectivity index (χ1n) is 13.6. The standard InChI is InChI=1S/C30H34N6O/c37-30(36-17-10-22(11-18-36)9-16-35-14-3-4-15-35)28-21-24-19-23(6-7-25(24)33-28)20-29-32-13-8-27(34-29)26-5-1-2-12-31-26/h1-2,5-8,12-13,19,21-22,33H,3-4,9-11,14-18,20H2. The summed E-state index contributed by atoms with van der Waals surface area (Å²) < 4.78 is 0. The molecule has 1 amide bonds. The molecular weight excluding hydrogens is 460 g/mol. The van der Waals surface area contributed by atoms with Crippen LogP contribution in [0.1, 0.15) is 54.0 Å². The number of amides is 1. The fourth-order valence-corrected chi connectivity index (χ4v) is 5.70. The average Bonchev–Trinajstić information content (AvgIpc) is 3.62. The lowest BCUT2D eigenvalue weighted by Gasteiger charge is -2.32. The van der Waals surface area contributed by atoms with E-state index >= 15 is 0 Å². The summed E-state index contributed by atoms with van der Waals surface area (Å²) in [7, 11) is 0. The van der Waals surface area contributed by atoms with Crippen molar-refractivity contribution in [1.29, 1.82) is 0 Å². The number of nitrogens with one attached hydrogen (secondary N) is 1. The number of hydrogen-bond donors (Lipinski definition) is 1. The van der Waals surface area contributed by atoms with Crippen LogP contribution in [0.5, 0.6) is 0 Å². The van der Waals surface area contributed by atoms with E-state index in [1.807, 2.05) is 35.2 Å². The number of fused-ring (bicyclic) bond motifs is 1. The van der Waals surface area contributed by atoms with E-state index < -0.39 is 0 Å². The van der Waals surface area contributed by atoms with Crippen LogP contribution >= 0.6 is 0 Å². The smallest absolute Gasteiger partial charge is 0.270 e. The van der Waals surface area contributed by atoms with Crippen molar-refractivity contribution in [3.63, 3.8) is 0 Å². The van der Waals surface area contributed by atoms with Crippen molar-refractivity contribution in [3.05, 3.63) is 78.0 Å². The molecule has 0 bridgehead atoms. The van der Waals surface area contributed by atoms with E-state index in [1.165, 1.54) is 38.9 Å². The van der Waals surface area contributed by atoms with Gasteiger partial charge in [-0.05, 0) is 99.6 Å². The Morgan fingerprint density at radius 1 is 0.919 bits per heavy atom. The number of carbonyl (C=O) groups is 1. The van der Waals surface area contributed by atoms with Gasteiger partial charge in [0.2, 0.25) is 0 Å². The van der Waals surface area contributed by atoms with E-state index in [9.17, 15) is 4.79 Å². The number of aromatic nitrogens is 4. The van der Waals surface area contributed by atoms with Gasteiger partial charge in [0.25, 0.3) is 5.91 Å². The Balaban J connectivity index is 1.09. The number of hydrogen-bond acceptors (Lipinski definition) is 5. The monoisotopic (exact) mass is 494 g/mol. The van der Waals surface area contributed by atoms with Crippen LogP contribution in [0.2, 0.25) is 0 Å². The molecule has 2 aliphatic heterocycles. The molecule has 5 heterocycles. The molecule has 0 saturated carbocycles. The molecule has 6 rings (SSSR count). The summed E-state index contributed by atoms with van der Waals surface area (Å²) in [6, 6.07) is 15.9. The number of benzene rings is 1. The molecule has 0 aliphatic carbocycles. The molecule has 190 valence electrons. The normalized spacial score (nSPS) is 17.0. The zero-order valence-corrected chi connectivity index (χ0v) is 21.3. The second kappa shape index (κ2) is 10.8. The van der Waals surface area contributed by atoms with Gasteiger partial charge in [0.15, 0.2) is 0 Å². The number of rotatable bonds is 7. The van der Waals surface area contributed by atoms with Gasteiger partial charge in [-0.3, -0.25) is 9.78 Å². The van der Waals surface area contributed by atoms with Gasteiger partial charge in [-0.15, -0.1) is 0 Å². The molecule has 1 aromatic carbocycles. The average molecular weight is 495 g/mol. The third kappa shape index (κ3) is 5.57. The fourth-order valence-electron chi connectivity index (χ4n) is 5.70. The Bertz CT molecular complexity index is 1350. The van der Waals surface area contributed by atoms with Gasteiger partial charge in [-0.1, -0.05) is 12.1 Å². The number of pyridine rings is 1. The molecule has 7 heteroatoms. The summed E-state index contributed by atoms with van der Waals surface area (Å²) in [5, 5.41) is 1.04. The number of nitrogens with zero attached hydrogens (tertiary/aromatic N) is 5. The number of aromatic amines is 1. The summed E-state index contributed by atoms with van der Waals surface area (Å²) in [5.41, 5.74) is 4.43. The lowest BCUT2D eigenvalue weighted by atomic mass is 9.93. The highest BCUT2D eigenvalue weighted by Crippen LogP contribution is 2.25. The maximum atomic E-state index is 13.3. The van der Waals surface area contributed by atoms with Gasteiger partial charge < -0.3 is 14.8 Å². The maximum Gasteiger partial charge on any atom is 0.270 e. The summed E-state index contributed by atoms with van der Waals surface area (Å²) in [6.07, 6.45) is 10.4. The summed E-state index contributed by atoms with van der Waals surface area (Å²) >= 11 is 0. The van der Waals surface area contributed by atoms with Crippen molar-refractivity contribution >= 4 is 16.8 Å². The Labute approximate surface area is 218 Å². The Morgan fingerprint density at radius 3 is 2.59 bits per heavy atom. The van der Waals surface area contributed by atoms with Crippen molar-refractivity contribution in [3.8, 4) is 11.4 Å². The van der Waals surface area contributed by atoms with E-state index in [2.05, 4.69) is 38.1 Å². The van der Waals surface area contributed by atoms with Crippen molar-refractivity contribution in [2.24, 2.45) is 5.92 Å². The predicted molar refractivity (Wildman–Crippen MR) is 145 cm³/mol. The minimum atomic E-state index is 0.113. The molecule has 1 N–H and O–H groups in total. The minimum absolute atomic E-state index is 0.113. The van der Waals surface area contributed by atoms with Crippen molar-refractivity contribution in [2.45, 2.75) is 38.5 Å². The van der Waals surface area contributed by atoms with Gasteiger partial charge in [-0.25, -0.2) is 9.97 Å². The van der Waals surface area contributed by atoms with Crippen LogP contribution in [0.15, 0.2) is 60.9 Å². The molecule has 0 unspecified atom stereocenters. The largest absolute Gasteiger partial charge is 0.351 e. The summed E-state index contributed by atoms with van der Waals surface area (Å²) in [5.74, 6) is 1.61. The predicted octanol–water partition coefficient (Wildman–Crippen LogP) is 4.95. The molecule has 4 aromatic rings. The number of carbonyl (C=O) groups excluding carboxylic acids is 1. The first-order chi connectivity index (χ1) is 18.2. The Morgan fingerprint density at radius 2 is 1.78 bits per heavy atom. The van der Waals surface area contributed by atoms with Crippen molar-refractivity contribution in [1.82, 2.24) is 29.7 Å². The van der Waals surface area contributed by atoms with Gasteiger partial charge in [-0.2, -0.15) is 0 Å². The zero-order chi connectivity index (χ0) is 25.0. The van der Waals surface area contributed by atoms with E-state index in [1.54, 1.807) is 12.4 Å². The Hall–Kier alpha value is -3.58. The second-order valence-corrected chi connectivity index (χ2v) is 10.4. The SMILES string of the molecule is O=C(c1cc2cc(Cc3nccc(-c4ccccn4)n3)ccc2[nH]1)N1CCC(CCN2CCCC2)CC1. The first kappa shape index (κ1) is 23.8. The summed E-state index contributed by atoms with van der Waals surface area (Å²) in [4.78, 5) is 34.8. The van der Waals surface area contributed by atoms with E-state index in [0.717, 1.165) is 65.5 Å². The van der Waals surface area contributed by atoms with Crippen LogP contribution in [0, 0.1) is 5.92 Å². The summed E-state index contributed by atoms with van der Waals surface area (Å²) in [6.45, 7) is 5.47. The van der Waals surface area contributed by atoms with E-state index in [4.69, 9.17) is 4.98 Å².